The van der Waals surface area contributed by atoms with Crippen LogP contribution in [0.1, 0.15) is 39.0 Å². The van der Waals surface area contributed by atoms with Gasteiger partial charge < -0.3 is 5.73 Å². The summed E-state index contributed by atoms with van der Waals surface area (Å²) in [5.41, 5.74) is 5.95. The standard InChI is InChI=1S/C15H21F2NO2S/c1-2-3-10-4-7-13(18)15(8-10)21(19,20)14-9-11(16)5-6-12(14)17/h5-6,9-10,13,15H,2-4,7-8,18H2,1H3. The van der Waals surface area contributed by atoms with Crippen LogP contribution in [0.15, 0.2) is 23.1 Å². The molecule has 1 fully saturated rings. The van der Waals surface area contributed by atoms with Gasteiger partial charge in [0.05, 0.1) is 5.25 Å². The van der Waals surface area contributed by atoms with Crippen LogP contribution >= 0.6 is 0 Å². The molecule has 0 spiro atoms. The zero-order valence-corrected chi connectivity index (χ0v) is 12.9. The van der Waals surface area contributed by atoms with E-state index in [-0.39, 0.29) is 5.92 Å². The van der Waals surface area contributed by atoms with Crippen LogP contribution in [-0.2, 0) is 9.84 Å². The largest absolute Gasteiger partial charge is 0.327 e. The van der Waals surface area contributed by atoms with Gasteiger partial charge in [-0.25, -0.2) is 17.2 Å². The fourth-order valence-electron chi connectivity index (χ4n) is 3.12. The van der Waals surface area contributed by atoms with Crippen molar-refractivity contribution in [3.63, 3.8) is 0 Å². The first-order valence-corrected chi connectivity index (χ1v) is 8.85. The van der Waals surface area contributed by atoms with Crippen molar-refractivity contribution in [3.8, 4) is 0 Å². The van der Waals surface area contributed by atoms with Gasteiger partial charge in [0.1, 0.15) is 16.5 Å². The van der Waals surface area contributed by atoms with Crippen LogP contribution in [0.5, 0.6) is 0 Å². The molecule has 0 radical (unpaired) electrons. The molecule has 1 aromatic rings. The lowest BCUT2D eigenvalue weighted by atomic mass is 9.83. The molecule has 3 unspecified atom stereocenters. The fourth-order valence-corrected chi connectivity index (χ4v) is 5.19. The molecule has 0 amide bonds. The van der Waals surface area contributed by atoms with Crippen molar-refractivity contribution >= 4 is 9.84 Å². The molecule has 3 nitrogen and oxygen atoms in total. The van der Waals surface area contributed by atoms with Gasteiger partial charge in [-0.05, 0) is 43.4 Å². The van der Waals surface area contributed by atoms with E-state index < -0.39 is 37.7 Å². The second-order valence-electron chi connectivity index (χ2n) is 5.79. The van der Waals surface area contributed by atoms with Crippen molar-refractivity contribution in [2.24, 2.45) is 11.7 Å². The highest BCUT2D eigenvalue weighted by molar-refractivity contribution is 7.92. The van der Waals surface area contributed by atoms with Crippen molar-refractivity contribution in [2.75, 3.05) is 0 Å². The maximum absolute atomic E-state index is 13.8. The van der Waals surface area contributed by atoms with Gasteiger partial charge in [0.2, 0.25) is 0 Å². The molecule has 0 saturated heterocycles. The highest BCUT2D eigenvalue weighted by atomic mass is 32.2. The van der Waals surface area contributed by atoms with E-state index in [4.69, 9.17) is 5.73 Å². The van der Waals surface area contributed by atoms with Crippen molar-refractivity contribution in [2.45, 2.75) is 55.2 Å². The van der Waals surface area contributed by atoms with E-state index in [1.165, 1.54) is 0 Å². The minimum atomic E-state index is -3.96. The zero-order chi connectivity index (χ0) is 15.6. The second kappa shape index (κ2) is 6.40. The first kappa shape index (κ1) is 16.4. The maximum atomic E-state index is 13.8. The summed E-state index contributed by atoms with van der Waals surface area (Å²) in [6, 6.07) is 1.99. The van der Waals surface area contributed by atoms with Gasteiger partial charge in [0, 0.05) is 6.04 Å². The summed E-state index contributed by atoms with van der Waals surface area (Å²) in [7, 11) is -3.96. The third-order valence-corrected chi connectivity index (χ3v) is 6.51. The number of sulfone groups is 1. The SMILES string of the molecule is CCCC1CCC(N)C(S(=O)(=O)c2cc(F)ccc2F)C1. The van der Waals surface area contributed by atoms with E-state index in [0.29, 0.717) is 12.8 Å². The Morgan fingerprint density at radius 2 is 2.00 bits per heavy atom. The highest BCUT2D eigenvalue weighted by Gasteiger charge is 2.39. The number of halogens is 2. The molecule has 0 aliphatic heterocycles. The highest BCUT2D eigenvalue weighted by Crippen LogP contribution is 2.34. The van der Waals surface area contributed by atoms with Gasteiger partial charge in [-0.15, -0.1) is 0 Å². The van der Waals surface area contributed by atoms with E-state index in [1.807, 2.05) is 6.92 Å². The number of hydrogen-bond acceptors (Lipinski definition) is 3. The molecular formula is C15H21F2NO2S. The summed E-state index contributed by atoms with van der Waals surface area (Å²) in [6.45, 7) is 2.05. The van der Waals surface area contributed by atoms with E-state index in [0.717, 1.165) is 37.5 Å². The molecule has 0 bridgehead atoms. The molecule has 1 aliphatic rings. The summed E-state index contributed by atoms with van der Waals surface area (Å²) in [5, 5.41) is -0.834. The molecule has 1 saturated carbocycles. The molecule has 1 aromatic carbocycles. The molecule has 21 heavy (non-hydrogen) atoms. The quantitative estimate of drug-likeness (QED) is 0.928. The zero-order valence-electron chi connectivity index (χ0n) is 12.1. The second-order valence-corrected chi connectivity index (χ2v) is 7.93. The summed E-state index contributed by atoms with van der Waals surface area (Å²) in [4.78, 5) is -0.569. The Hall–Kier alpha value is -1.01. The lowest BCUT2D eigenvalue weighted by Crippen LogP contribution is -2.45. The molecule has 2 N–H and O–H groups in total. The number of hydrogen-bond donors (Lipinski definition) is 1. The smallest absolute Gasteiger partial charge is 0.185 e. The van der Waals surface area contributed by atoms with Crippen LogP contribution in [0.4, 0.5) is 8.78 Å². The third-order valence-electron chi connectivity index (χ3n) is 4.25. The topological polar surface area (TPSA) is 60.2 Å². The Morgan fingerprint density at radius 1 is 1.29 bits per heavy atom. The minimum Gasteiger partial charge on any atom is -0.327 e. The van der Waals surface area contributed by atoms with Crippen molar-refractivity contribution in [1.29, 1.82) is 0 Å². The average molecular weight is 317 g/mol. The Bertz CT molecular complexity index is 604. The minimum absolute atomic E-state index is 0.284. The molecular weight excluding hydrogens is 296 g/mol. The third kappa shape index (κ3) is 3.43. The van der Waals surface area contributed by atoms with Crippen LogP contribution in [0.25, 0.3) is 0 Å². The molecule has 6 heteroatoms. The van der Waals surface area contributed by atoms with Crippen molar-refractivity contribution < 1.29 is 17.2 Å². The summed E-state index contributed by atoms with van der Waals surface area (Å²) in [6.07, 6.45) is 3.83. The monoisotopic (exact) mass is 317 g/mol. The van der Waals surface area contributed by atoms with Gasteiger partial charge >= 0.3 is 0 Å². The molecule has 0 aromatic heterocycles. The molecule has 2 rings (SSSR count). The predicted octanol–water partition coefficient (Wildman–Crippen LogP) is 3.03. The predicted molar refractivity (Wildman–Crippen MR) is 77.6 cm³/mol. The van der Waals surface area contributed by atoms with E-state index >= 15 is 0 Å². The summed E-state index contributed by atoms with van der Waals surface area (Å²) < 4.78 is 52.4. The van der Waals surface area contributed by atoms with Crippen molar-refractivity contribution in [3.05, 3.63) is 29.8 Å². The van der Waals surface area contributed by atoms with Gasteiger partial charge in [-0.3, -0.25) is 0 Å². The van der Waals surface area contributed by atoms with E-state index in [1.54, 1.807) is 0 Å². The van der Waals surface area contributed by atoms with Crippen LogP contribution in [0.3, 0.4) is 0 Å². The lowest BCUT2D eigenvalue weighted by Gasteiger charge is -2.33. The van der Waals surface area contributed by atoms with Gasteiger partial charge in [-0.2, -0.15) is 0 Å². The van der Waals surface area contributed by atoms with E-state index in [2.05, 4.69) is 0 Å². The average Bonchev–Trinajstić information content (AvgIpc) is 2.43. The Kier molecular flexibility index (Phi) is 4.99. The van der Waals surface area contributed by atoms with Gasteiger partial charge in [-0.1, -0.05) is 19.8 Å². The first-order chi connectivity index (χ1) is 9.86. The van der Waals surface area contributed by atoms with Gasteiger partial charge in [0.25, 0.3) is 0 Å². The van der Waals surface area contributed by atoms with E-state index in [9.17, 15) is 17.2 Å². The fraction of sp³-hybridized carbons (Fsp3) is 0.600. The van der Waals surface area contributed by atoms with Crippen LogP contribution in [-0.4, -0.2) is 19.7 Å². The first-order valence-electron chi connectivity index (χ1n) is 7.30. The molecule has 3 atom stereocenters. The Labute approximate surface area is 124 Å². The molecule has 1 aliphatic carbocycles. The number of benzene rings is 1. The van der Waals surface area contributed by atoms with Crippen molar-refractivity contribution in [1.82, 2.24) is 0 Å². The Balaban J connectivity index is 2.35. The summed E-state index contributed by atoms with van der Waals surface area (Å²) in [5.74, 6) is -1.39. The normalized spacial score (nSPS) is 26.8. The van der Waals surface area contributed by atoms with Gasteiger partial charge in [0.15, 0.2) is 9.84 Å². The molecule has 0 heterocycles. The number of rotatable bonds is 4. The lowest BCUT2D eigenvalue weighted by molar-refractivity contribution is 0.308. The van der Waals surface area contributed by atoms with Crippen LogP contribution in [0, 0.1) is 17.6 Å². The van der Waals surface area contributed by atoms with Crippen LogP contribution in [0.2, 0.25) is 0 Å². The van der Waals surface area contributed by atoms with Crippen LogP contribution < -0.4 is 5.73 Å². The maximum Gasteiger partial charge on any atom is 0.185 e. The summed E-state index contributed by atoms with van der Waals surface area (Å²) >= 11 is 0. The number of nitrogens with two attached hydrogens (primary N) is 1. The Morgan fingerprint density at radius 3 is 2.67 bits per heavy atom. The molecule has 118 valence electrons.